The van der Waals surface area contributed by atoms with E-state index in [1.54, 1.807) is 5.57 Å². The predicted molar refractivity (Wildman–Crippen MR) is 102 cm³/mol. The fourth-order valence-electron chi connectivity index (χ4n) is 2.73. The molecular formula is C22H38. The van der Waals surface area contributed by atoms with E-state index in [4.69, 9.17) is 6.42 Å². The molecule has 0 aliphatic rings. The van der Waals surface area contributed by atoms with Crippen LogP contribution >= 0.6 is 0 Å². The van der Waals surface area contributed by atoms with Crippen molar-refractivity contribution < 1.29 is 0 Å². The van der Waals surface area contributed by atoms with Crippen molar-refractivity contribution in [3.05, 3.63) is 23.3 Å². The van der Waals surface area contributed by atoms with Crippen molar-refractivity contribution in [3.8, 4) is 12.3 Å². The number of rotatable bonds is 12. The van der Waals surface area contributed by atoms with Crippen LogP contribution in [0.3, 0.4) is 0 Å². The summed E-state index contributed by atoms with van der Waals surface area (Å²) in [7, 11) is 0. The monoisotopic (exact) mass is 302 g/mol. The Morgan fingerprint density at radius 2 is 1.55 bits per heavy atom. The van der Waals surface area contributed by atoms with Crippen molar-refractivity contribution in [1.29, 1.82) is 0 Å². The molecule has 0 heteroatoms. The minimum Gasteiger partial charge on any atom is -0.120 e. The van der Waals surface area contributed by atoms with Gasteiger partial charge in [-0.3, -0.25) is 0 Å². The van der Waals surface area contributed by atoms with Crippen LogP contribution in [-0.4, -0.2) is 0 Å². The minimum atomic E-state index is 0.767. The molecule has 0 nitrogen and oxygen atoms in total. The summed E-state index contributed by atoms with van der Waals surface area (Å²) in [5, 5.41) is 0. The number of hydrogen-bond donors (Lipinski definition) is 0. The molecule has 1 atom stereocenters. The van der Waals surface area contributed by atoms with Gasteiger partial charge in [0.05, 0.1) is 0 Å². The van der Waals surface area contributed by atoms with Gasteiger partial charge in [-0.25, -0.2) is 0 Å². The third kappa shape index (κ3) is 14.0. The van der Waals surface area contributed by atoms with Crippen molar-refractivity contribution in [2.45, 2.75) is 92.4 Å². The van der Waals surface area contributed by atoms with Crippen LogP contribution in [0.25, 0.3) is 0 Å². The van der Waals surface area contributed by atoms with Gasteiger partial charge in [-0.1, -0.05) is 69.8 Å². The normalized spacial score (nSPS) is 14.2. The molecule has 126 valence electrons. The highest BCUT2D eigenvalue weighted by Gasteiger charge is 2.03. The smallest absolute Gasteiger partial charge is 0.0269 e. The third-order valence-electron chi connectivity index (χ3n) is 4.35. The molecular weight excluding hydrogens is 264 g/mol. The molecule has 0 rings (SSSR count). The lowest BCUT2D eigenvalue weighted by Gasteiger charge is -2.12. The van der Waals surface area contributed by atoms with E-state index in [1.165, 1.54) is 44.1 Å². The molecule has 0 saturated carbocycles. The van der Waals surface area contributed by atoms with Gasteiger partial charge in [0.25, 0.3) is 0 Å². The predicted octanol–water partition coefficient (Wildman–Crippen LogP) is 7.32. The second kappa shape index (κ2) is 13.7. The van der Waals surface area contributed by atoms with Crippen LogP contribution in [0.4, 0.5) is 0 Å². The van der Waals surface area contributed by atoms with Gasteiger partial charge in [-0.15, -0.1) is 12.3 Å². The average molecular weight is 303 g/mol. The standard InChI is InChI=1S/C22H38/c1-7-8-13-20(4)15-10-17-22(6)18-11-16-21(5)14-9-12-19(2)3/h1,13,17,19,21H,8-12,14-16,18H2,2-6H3/b20-13+,22-17+. The number of hydrogen-bond acceptors (Lipinski definition) is 0. The van der Waals surface area contributed by atoms with E-state index in [-0.39, 0.29) is 0 Å². The Morgan fingerprint density at radius 1 is 0.909 bits per heavy atom. The Bertz CT molecular complexity index is 362. The Morgan fingerprint density at radius 3 is 2.18 bits per heavy atom. The Balaban J connectivity index is 3.73. The second-order valence-electron chi connectivity index (χ2n) is 7.37. The number of allylic oxidation sites excluding steroid dienone is 4. The summed E-state index contributed by atoms with van der Waals surface area (Å²) >= 11 is 0. The molecule has 0 aliphatic carbocycles. The molecule has 0 amide bonds. The maximum atomic E-state index is 5.27. The van der Waals surface area contributed by atoms with Crippen molar-refractivity contribution in [3.63, 3.8) is 0 Å². The summed E-state index contributed by atoms with van der Waals surface area (Å²) in [6, 6.07) is 0. The second-order valence-corrected chi connectivity index (χ2v) is 7.37. The fraction of sp³-hybridized carbons (Fsp3) is 0.727. The summed E-state index contributed by atoms with van der Waals surface area (Å²) in [5.74, 6) is 4.41. The fourth-order valence-corrected chi connectivity index (χ4v) is 2.73. The van der Waals surface area contributed by atoms with Crippen molar-refractivity contribution in [1.82, 2.24) is 0 Å². The van der Waals surface area contributed by atoms with Gasteiger partial charge >= 0.3 is 0 Å². The summed E-state index contributed by atoms with van der Waals surface area (Å²) in [6.45, 7) is 11.5. The highest BCUT2D eigenvalue weighted by molar-refractivity contribution is 5.07. The molecule has 0 N–H and O–H groups in total. The molecule has 0 spiro atoms. The maximum Gasteiger partial charge on any atom is 0.0269 e. The quantitative estimate of drug-likeness (QED) is 0.262. The van der Waals surface area contributed by atoms with Crippen LogP contribution < -0.4 is 0 Å². The first-order valence-electron chi connectivity index (χ1n) is 9.20. The van der Waals surface area contributed by atoms with Crippen molar-refractivity contribution in [2.75, 3.05) is 0 Å². The van der Waals surface area contributed by atoms with Gasteiger partial charge in [0.1, 0.15) is 0 Å². The average Bonchev–Trinajstić information content (AvgIpc) is 2.44. The third-order valence-corrected chi connectivity index (χ3v) is 4.35. The zero-order chi connectivity index (χ0) is 16.8. The topological polar surface area (TPSA) is 0 Å². The van der Waals surface area contributed by atoms with Gasteiger partial charge in [0, 0.05) is 6.42 Å². The van der Waals surface area contributed by atoms with Gasteiger partial charge in [0.15, 0.2) is 0 Å². The SMILES string of the molecule is C#CC/C=C(\C)CC/C=C(\C)CCCC(C)CCCC(C)C. The van der Waals surface area contributed by atoms with Gasteiger partial charge in [0.2, 0.25) is 0 Å². The molecule has 0 aliphatic heterocycles. The summed E-state index contributed by atoms with van der Waals surface area (Å²) < 4.78 is 0. The van der Waals surface area contributed by atoms with E-state index < -0.39 is 0 Å². The molecule has 22 heavy (non-hydrogen) atoms. The Kier molecular flexibility index (Phi) is 13.1. The van der Waals surface area contributed by atoms with Crippen molar-refractivity contribution >= 4 is 0 Å². The van der Waals surface area contributed by atoms with Crippen molar-refractivity contribution in [2.24, 2.45) is 11.8 Å². The van der Waals surface area contributed by atoms with E-state index in [1.807, 2.05) is 0 Å². The molecule has 0 aromatic heterocycles. The van der Waals surface area contributed by atoms with E-state index in [2.05, 4.69) is 52.7 Å². The summed E-state index contributed by atoms with van der Waals surface area (Å²) in [4.78, 5) is 0. The van der Waals surface area contributed by atoms with Crippen LogP contribution in [0.15, 0.2) is 23.3 Å². The van der Waals surface area contributed by atoms with Gasteiger partial charge in [-0.05, 0) is 51.4 Å². The molecule has 0 aromatic carbocycles. The lowest BCUT2D eigenvalue weighted by atomic mass is 9.94. The summed E-state index contributed by atoms with van der Waals surface area (Å²) in [6.07, 6.45) is 21.1. The minimum absolute atomic E-state index is 0.767. The zero-order valence-electron chi connectivity index (χ0n) is 15.8. The highest BCUT2D eigenvalue weighted by atomic mass is 14.1. The van der Waals surface area contributed by atoms with Crippen LogP contribution in [0.5, 0.6) is 0 Å². The first-order chi connectivity index (χ1) is 10.5. The zero-order valence-corrected chi connectivity index (χ0v) is 15.8. The Labute approximate surface area is 140 Å². The molecule has 0 heterocycles. The molecule has 0 radical (unpaired) electrons. The molecule has 0 saturated heterocycles. The maximum absolute atomic E-state index is 5.27. The summed E-state index contributed by atoms with van der Waals surface area (Å²) in [5.41, 5.74) is 2.97. The molecule has 0 bridgehead atoms. The van der Waals surface area contributed by atoms with E-state index in [9.17, 15) is 0 Å². The molecule has 1 unspecified atom stereocenters. The van der Waals surface area contributed by atoms with Crippen LogP contribution in [-0.2, 0) is 0 Å². The first kappa shape index (κ1) is 21.0. The van der Waals surface area contributed by atoms with E-state index >= 15 is 0 Å². The lowest BCUT2D eigenvalue weighted by molar-refractivity contribution is 0.427. The van der Waals surface area contributed by atoms with Crippen LogP contribution in [0, 0.1) is 24.2 Å². The van der Waals surface area contributed by atoms with Crippen LogP contribution in [0.1, 0.15) is 92.4 Å². The molecule has 0 aromatic rings. The largest absolute Gasteiger partial charge is 0.120 e. The lowest BCUT2D eigenvalue weighted by Crippen LogP contribution is -1.97. The van der Waals surface area contributed by atoms with Crippen LogP contribution in [0.2, 0.25) is 0 Å². The first-order valence-corrected chi connectivity index (χ1v) is 9.20. The van der Waals surface area contributed by atoms with Gasteiger partial charge in [-0.2, -0.15) is 0 Å². The number of terminal acetylenes is 1. The van der Waals surface area contributed by atoms with E-state index in [0.29, 0.717) is 0 Å². The van der Waals surface area contributed by atoms with Gasteiger partial charge < -0.3 is 0 Å². The Hall–Kier alpha value is -0.960. The van der Waals surface area contributed by atoms with E-state index in [0.717, 1.165) is 31.1 Å². The molecule has 0 fully saturated rings. The highest BCUT2D eigenvalue weighted by Crippen LogP contribution is 2.19.